The highest BCUT2D eigenvalue weighted by atomic mass is 35.5. The van der Waals surface area contributed by atoms with E-state index in [9.17, 15) is 13.2 Å². The fourth-order valence-corrected chi connectivity index (χ4v) is 1.07. The molecular formula is C8H4ClF3N2. The average Bonchev–Trinajstić information content (AvgIpc) is 2.01. The molecule has 6 heteroatoms. The standard InChI is InChI=1S/C8H4ClF3N2/c9-7-3-6(14-8(10,11)12)2-1-5(7)4-13/h1-3,14H. The molecule has 1 aromatic rings. The van der Waals surface area contributed by atoms with Gasteiger partial charge in [-0.05, 0) is 18.2 Å². The van der Waals surface area contributed by atoms with Crippen molar-refractivity contribution in [2.24, 2.45) is 0 Å². The van der Waals surface area contributed by atoms with Gasteiger partial charge in [-0.25, -0.2) is 0 Å². The van der Waals surface area contributed by atoms with Gasteiger partial charge >= 0.3 is 6.30 Å². The van der Waals surface area contributed by atoms with E-state index < -0.39 is 6.30 Å². The predicted molar refractivity (Wildman–Crippen MR) is 45.8 cm³/mol. The van der Waals surface area contributed by atoms with Crippen LogP contribution in [0, 0.1) is 11.3 Å². The molecule has 0 aromatic heterocycles. The van der Waals surface area contributed by atoms with Crippen molar-refractivity contribution >= 4 is 17.3 Å². The minimum Gasteiger partial charge on any atom is -0.297 e. The molecule has 0 atom stereocenters. The second-order valence-electron chi connectivity index (χ2n) is 2.43. The Hall–Kier alpha value is -1.41. The molecule has 0 aliphatic carbocycles. The number of benzene rings is 1. The second kappa shape index (κ2) is 3.76. The highest BCUT2D eigenvalue weighted by Crippen LogP contribution is 2.24. The molecular weight excluding hydrogens is 217 g/mol. The highest BCUT2D eigenvalue weighted by molar-refractivity contribution is 6.32. The summed E-state index contributed by atoms with van der Waals surface area (Å²) in [5.41, 5.74) is -0.0547. The zero-order valence-corrected chi connectivity index (χ0v) is 7.45. The third-order valence-electron chi connectivity index (χ3n) is 1.38. The Morgan fingerprint density at radius 1 is 1.36 bits per heavy atom. The summed E-state index contributed by atoms with van der Waals surface area (Å²) in [7, 11) is 0. The van der Waals surface area contributed by atoms with Crippen LogP contribution in [0.15, 0.2) is 18.2 Å². The summed E-state index contributed by atoms with van der Waals surface area (Å²) in [6.07, 6.45) is -4.50. The van der Waals surface area contributed by atoms with E-state index in [1.54, 1.807) is 6.07 Å². The van der Waals surface area contributed by atoms with Gasteiger partial charge in [-0.1, -0.05) is 11.6 Å². The molecule has 0 saturated heterocycles. The molecule has 74 valence electrons. The van der Waals surface area contributed by atoms with Gasteiger partial charge in [-0.15, -0.1) is 0 Å². The van der Waals surface area contributed by atoms with Gasteiger partial charge < -0.3 is 0 Å². The monoisotopic (exact) mass is 220 g/mol. The molecule has 1 N–H and O–H groups in total. The van der Waals surface area contributed by atoms with Crippen molar-refractivity contribution in [3.63, 3.8) is 0 Å². The summed E-state index contributed by atoms with van der Waals surface area (Å²) in [4.78, 5) is 0. The first-order valence-corrected chi connectivity index (χ1v) is 3.85. The van der Waals surface area contributed by atoms with E-state index in [1.807, 2.05) is 0 Å². The van der Waals surface area contributed by atoms with E-state index in [-0.39, 0.29) is 16.3 Å². The Bertz CT molecular complexity index is 381. The third-order valence-corrected chi connectivity index (χ3v) is 1.69. The van der Waals surface area contributed by atoms with Crippen molar-refractivity contribution in [1.29, 1.82) is 5.26 Å². The highest BCUT2D eigenvalue weighted by Gasteiger charge is 2.27. The molecule has 0 unspecified atom stereocenters. The van der Waals surface area contributed by atoms with E-state index in [0.29, 0.717) is 0 Å². The molecule has 0 heterocycles. The van der Waals surface area contributed by atoms with E-state index in [0.717, 1.165) is 12.1 Å². The van der Waals surface area contributed by atoms with Crippen molar-refractivity contribution in [1.82, 2.24) is 0 Å². The molecule has 0 fully saturated rings. The van der Waals surface area contributed by atoms with Gasteiger partial charge in [0.25, 0.3) is 0 Å². The molecule has 1 aromatic carbocycles. The molecule has 0 spiro atoms. The SMILES string of the molecule is N#Cc1ccc(NC(F)(F)F)cc1Cl. The lowest BCUT2D eigenvalue weighted by Gasteiger charge is -2.09. The first kappa shape index (κ1) is 10.7. The summed E-state index contributed by atoms with van der Waals surface area (Å²) >= 11 is 5.53. The van der Waals surface area contributed by atoms with Gasteiger partial charge in [0.15, 0.2) is 0 Å². The topological polar surface area (TPSA) is 35.8 Å². The van der Waals surface area contributed by atoms with Crippen molar-refractivity contribution in [2.75, 3.05) is 5.32 Å². The fourth-order valence-electron chi connectivity index (χ4n) is 0.847. The fraction of sp³-hybridized carbons (Fsp3) is 0.125. The average molecular weight is 221 g/mol. The third kappa shape index (κ3) is 2.82. The normalized spacial score (nSPS) is 10.8. The minimum absolute atomic E-state index is 0.0123. The largest absolute Gasteiger partial charge is 0.482 e. The van der Waals surface area contributed by atoms with Crippen molar-refractivity contribution in [2.45, 2.75) is 6.30 Å². The minimum atomic E-state index is -4.50. The van der Waals surface area contributed by atoms with Gasteiger partial charge in [0.2, 0.25) is 0 Å². The Balaban J connectivity index is 2.94. The van der Waals surface area contributed by atoms with Crippen LogP contribution in [0.3, 0.4) is 0 Å². The zero-order valence-electron chi connectivity index (χ0n) is 6.69. The number of rotatable bonds is 1. The van der Waals surface area contributed by atoms with Gasteiger partial charge in [0, 0.05) is 5.69 Å². The molecule has 0 saturated carbocycles. The Labute approximate surface area is 82.9 Å². The van der Waals surface area contributed by atoms with Crippen molar-refractivity contribution < 1.29 is 13.2 Å². The van der Waals surface area contributed by atoms with E-state index in [1.165, 1.54) is 11.4 Å². The number of hydrogen-bond acceptors (Lipinski definition) is 2. The molecule has 0 amide bonds. The number of anilines is 1. The van der Waals surface area contributed by atoms with Crippen LogP contribution < -0.4 is 5.32 Å². The maximum atomic E-state index is 11.8. The molecule has 0 radical (unpaired) electrons. The second-order valence-corrected chi connectivity index (χ2v) is 2.84. The predicted octanol–water partition coefficient (Wildman–Crippen LogP) is 3.14. The van der Waals surface area contributed by atoms with E-state index in [2.05, 4.69) is 0 Å². The molecule has 0 aliphatic heterocycles. The van der Waals surface area contributed by atoms with Gasteiger partial charge in [-0.2, -0.15) is 18.4 Å². The number of nitriles is 1. The number of hydrogen-bond donors (Lipinski definition) is 1. The van der Waals surface area contributed by atoms with Gasteiger partial charge in [0.1, 0.15) is 6.07 Å². The summed E-state index contributed by atoms with van der Waals surface area (Å²) in [6, 6.07) is 5.15. The van der Waals surface area contributed by atoms with E-state index in [4.69, 9.17) is 16.9 Å². The maximum absolute atomic E-state index is 11.8. The van der Waals surface area contributed by atoms with Crippen LogP contribution in [0.4, 0.5) is 18.9 Å². The lowest BCUT2D eigenvalue weighted by molar-refractivity contribution is -0.0999. The first-order valence-electron chi connectivity index (χ1n) is 3.47. The van der Waals surface area contributed by atoms with Crippen LogP contribution >= 0.6 is 11.6 Å². The number of nitrogens with zero attached hydrogens (tertiary/aromatic N) is 1. The summed E-state index contributed by atoms with van der Waals surface area (Å²) in [5, 5.41) is 9.73. The molecule has 0 aliphatic rings. The van der Waals surface area contributed by atoms with Gasteiger partial charge in [-0.3, -0.25) is 5.32 Å². The van der Waals surface area contributed by atoms with Crippen LogP contribution in [0.25, 0.3) is 0 Å². The molecule has 0 bridgehead atoms. The van der Waals surface area contributed by atoms with Gasteiger partial charge in [0.05, 0.1) is 10.6 Å². The zero-order chi connectivity index (χ0) is 10.8. The van der Waals surface area contributed by atoms with Crippen molar-refractivity contribution in [3.05, 3.63) is 28.8 Å². The van der Waals surface area contributed by atoms with Crippen LogP contribution in [0.5, 0.6) is 0 Å². The molecule has 2 nitrogen and oxygen atoms in total. The number of nitrogens with one attached hydrogen (secondary N) is 1. The quantitative estimate of drug-likeness (QED) is 0.738. The molecule has 14 heavy (non-hydrogen) atoms. The lowest BCUT2D eigenvalue weighted by atomic mass is 10.2. The lowest BCUT2D eigenvalue weighted by Crippen LogP contribution is -2.20. The summed E-state index contributed by atoms with van der Waals surface area (Å²) in [5.74, 6) is 0. The summed E-state index contributed by atoms with van der Waals surface area (Å²) < 4.78 is 35.5. The number of halogens is 4. The van der Waals surface area contributed by atoms with Crippen LogP contribution in [0.2, 0.25) is 5.02 Å². The smallest absolute Gasteiger partial charge is 0.297 e. The molecule has 1 rings (SSSR count). The van der Waals surface area contributed by atoms with Crippen molar-refractivity contribution in [3.8, 4) is 6.07 Å². The maximum Gasteiger partial charge on any atom is 0.482 e. The Morgan fingerprint density at radius 3 is 2.43 bits per heavy atom. The Kier molecular flexibility index (Phi) is 2.87. The number of alkyl halides is 3. The van der Waals surface area contributed by atoms with Crippen LogP contribution in [-0.4, -0.2) is 6.30 Å². The van der Waals surface area contributed by atoms with Crippen LogP contribution in [0.1, 0.15) is 5.56 Å². The summed E-state index contributed by atoms with van der Waals surface area (Å²) in [6.45, 7) is 0. The van der Waals surface area contributed by atoms with Crippen LogP contribution in [-0.2, 0) is 0 Å². The van der Waals surface area contributed by atoms with E-state index >= 15 is 0 Å². The first-order chi connectivity index (χ1) is 6.42. The Morgan fingerprint density at radius 2 is 2.00 bits per heavy atom.